The Labute approximate surface area is 141 Å². The molecule has 2 aromatic carbocycles. The molecule has 0 fully saturated rings. The minimum Gasteiger partial charge on any atom is -0.378 e. The van der Waals surface area contributed by atoms with Gasteiger partial charge < -0.3 is 5.32 Å². The van der Waals surface area contributed by atoms with Crippen LogP contribution in [0.1, 0.15) is 42.0 Å². The number of allylic oxidation sites excluding steroid dienone is 2. The van der Waals surface area contributed by atoms with E-state index in [4.69, 9.17) is 0 Å². The van der Waals surface area contributed by atoms with Crippen LogP contribution in [-0.4, -0.2) is 4.92 Å². The van der Waals surface area contributed by atoms with E-state index in [-0.39, 0.29) is 16.7 Å². The van der Waals surface area contributed by atoms with E-state index in [0.717, 1.165) is 24.1 Å². The van der Waals surface area contributed by atoms with Gasteiger partial charge in [-0.2, -0.15) is 0 Å². The Bertz CT molecular complexity index is 828. The molecule has 4 rings (SSSR count). The summed E-state index contributed by atoms with van der Waals surface area (Å²) < 4.78 is 0. The molecule has 0 spiro atoms. The van der Waals surface area contributed by atoms with Gasteiger partial charge in [-0.25, -0.2) is 0 Å². The van der Waals surface area contributed by atoms with E-state index in [0.29, 0.717) is 11.8 Å². The van der Waals surface area contributed by atoms with Gasteiger partial charge >= 0.3 is 0 Å². The molecule has 0 bridgehead atoms. The van der Waals surface area contributed by atoms with Gasteiger partial charge in [-0.1, -0.05) is 43.3 Å². The molecule has 122 valence electrons. The SMILES string of the molecule is CCc1ccc2c(c1)[C@@H]1C=CC[C@@H]1[C@@H](c1cccc([N+](=O)[O-])c1)N2. The van der Waals surface area contributed by atoms with Crippen LogP contribution < -0.4 is 5.32 Å². The number of aryl methyl sites for hydroxylation is 1. The van der Waals surface area contributed by atoms with Crippen LogP contribution in [0.3, 0.4) is 0 Å². The quantitative estimate of drug-likeness (QED) is 0.493. The third-order valence-electron chi connectivity index (χ3n) is 5.28. The second kappa shape index (κ2) is 5.78. The molecule has 0 saturated carbocycles. The van der Waals surface area contributed by atoms with E-state index < -0.39 is 0 Å². The Morgan fingerprint density at radius 3 is 2.92 bits per heavy atom. The Balaban J connectivity index is 1.76. The molecule has 2 aliphatic rings. The van der Waals surface area contributed by atoms with E-state index in [1.165, 1.54) is 11.1 Å². The summed E-state index contributed by atoms with van der Waals surface area (Å²) in [6.07, 6.45) is 6.58. The fourth-order valence-corrected chi connectivity index (χ4v) is 4.03. The van der Waals surface area contributed by atoms with Gasteiger partial charge in [0.05, 0.1) is 11.0 Å². The average molecular weight is 320 g/mol. The first-order valence-corrected chi connectivity index (χ1v) is 8.47. The maximum Gasteiger partial charge on any atom is 0.269 e. The molecule has 0 saturated heterocycles. The number of hydrogen-bond donors (Lipinski definition) is 1. The third-order valence-corrected chi connectivity index (χ3v) is 5.28. The van der Waals surface area contributed by atoms with Crippen molar-refractivity contribution in [3.8, 4) is 0 Å². The highest BCUT2D eigenvalue weighted by Gasteiger charge is 2.38. The number of anilines is 1. The Kier molecular flexibility index (Phi) is 3.60. The van der Waals surface area contributed by atoms with Gasteiger partial charge in [-0.05, 0) is 41.5 Å². The van der Waals surface area contributed by atoms with Crippen molar-refractivity contribution in [2.24, 2.45) is 5.92 Å². The number of nitrogens with zero attached hydrogens (tertiary/aromatic N) is 1. The predicted molar refractivity (Wildman–Crippen MR) is 95.3 cm³/mol. The van der Waals surface area contributed by atoms with Crippen molar-refractivity contribution in [3.05, 3.63) is 81.4 Å². The van der Waals surface area contributed by atoms with Gasteiger partial charge in [-0.3, -0.25) is 10.1 Å². The number of nitrogens with one attached hydrogen (secondary N) is 1. The summed E-state index contributed by atoms with van der Waals surface area (Å²) in [5, 5.41) is 14.7. The molecule has 0 radical (unpaired) electrons. The van der Waals surface area contributed by atoms with Gasteiger partial charge in [0.25, 0.3) is 5.69 Å². The summed E-state index contributed by atoms with van der Waals surface area (Å²) >= 11 is 0. The van der Waals surface area contributed by atoms with Crippen LogP contribution in [0.25, 0.3) is 0 Å². The molecule has 3 atom stereocenters. The summed E-state index contributed by atoms with van der Waals surface area (Å²) in [5.74, 6) is 0.795. The first kappa shape index (κ1) is 14.9. The van der Waals surface area contributed by atoms with Crippen LogP contribution in [0.15, 0.2) is 54.6 Å². The average Bonchev–Trinajstić information content (AvgIpc) is 3.10. The van der Waals surface area contributed by atoms with Crippen molar-refractivity contribution >= 4 is 11.4 Å². The number of non-ortho nitro benzene ring substituents is 1. The number of nitro groups is 1. The van der Waals surface area contributed by atoms with Crippen molar-refractivity contribution in [1.82, 2.24) is 0 Å². The molecule has 1 aliphatic heterocycles. The van der Waals surface area contributed by atoms with Gasteiger partial charge in [0.2, 0.25) is 0 Å². The lowest BCUT2D eigenvalue weighted by atomic mass is 9.76. The number of rotatable bonds is 3. The molecule has 24 heavy (non-hydrogen) atoms. The first-order chi connectivity index (χ1) is 11.7. The normalized spacial score (nSPS) is 24.1. The number of hydrogen-bond acceptors (Lipinski definition) is 3. The molecule has 1 N–H and O–H groups in total. The molecule has 2 aromatic rings. The maximum atomic E-state index is 11.1. The molecule has 0 aromatic heterocycles. The summed E-state index contributed by atoms with van der Waals surface area (Å²) in [7, 11) is 0. The van der Waals surface area contributed by atoms with E-state index in [1.54, 1.807) is 18.2 Å². The maximum absolute atomic E-state index is 11.1. The number of fused-ring (bicyclic) bond motifs is 3. The highest BCUT2D eigenvalue weighted by molar-refractivity contribution is 5.61. The van der Waals surface area contributed by atoms with Gasteiger partial charge in [0, 0.05) is 23.7 Å². The van der Waals surface area contributed by atoms with Crippen LogP contribution in [-0.2, 0) is 6.42 Å². The molecule has 0 unspecified atom stereocenters. The second-order valence-electron chi connectivity index (χ2n) is 6.60. The van der Waals surface area contributed by atoms with Crippen molar-refractivity contribution in [1.29, 1.82) is 0 Å². The Morgan fingerprint density at radius 1 is 1.25 bits per heavy atom. The van der Waals surface area contributed by atoms with Gasteiger partial charge in [0.1, 0.15) is 0 Å². The lowest BCUT2D eigenvalue weighted by molar-refractivity contribution is -0.384. The molecule has 1 heterocycles. The van der Waals surface area contributed by atoms with Crippen LogP contribution in [0.2, 0.25) is 0 Å². The predicted octanol–water partition coefficient (Wildman–Crippen LogP) is 4.98. The smallest absolute Gasteiger partial charge is 0.269 e. The second-order valence-corrected chi connectivity index (χ2v) is 6.60. The highest BCUT2D eigenvalue weighted by atomic mass is 16.6. The van der Waals surface area contributed by atoms with Crippen LogP contribution in [0.5, 0.6) is 0 Å². The van der Waals surface area contributed by atoms with Gasteiger partial charge in [-0.15, -0.1) is 0 Å². The summed E-state index contributed by atoms with van der Waals surface area (Å²) in [4.78, 5) is 10.8. The van der Waals surface area contributed by atoms with Crippen molar-refractivity contribution in [2.75, 3.05) is 5.32 Å². The van der Waals surface area contributed by atoms with Crippen molar-refractivity contribution < 1.29 is 4.92 Å². The largest absolute Gasteiger partial charge is 0.378 e. The fraction of sp³-hybridized carbons (Fsp3) is 0.300. The third kappa shape index (κ3) is 2.39. The summed E-state index contributed by atoms with van der Waals surface area (Å²) in [6.45, 7) is 2.17. The Morgan fingerprint density at radius 2 is 2.12 bits per heavy atom. The van der Waals surface area contributed by atoms with Crippen LogP contribution in [0, 0.1) is 16.0 Å². The standard InChI is InChI=1S/C20H20N2O2/c1-2-13-9-10-19-18(11-13)16-7-4-8-17(16)20(21-19)14-5-3-6-15(12-14)22(23)24/h3-7,9-12,16-17,20-21H,2,8H2,1H3/t16-,17+,20-/m1/s1. The minimum absolute atomic E-state index is 0.102. The van der Waals surface area contributed by atoms with E-state index in [2.05, 4.69) is 42.6 Å². The summed E-state index contributed by atoms with van der Waals surface area (Å²) in [6, 6.07) is 13.8. The molecular weight excluding hydrogens is 300 g/mol. The first-order valence-electron chi connectivity index (χ1n) is 8.47. The van der Waals surface area contributed by atoms with E-state index in [1.807, 2.05) is 6.07 Å². The van der Waals surface area contributed by atoms with Crippen molar-refractivity contribution in [3.63, 3.8) is 0 Å². The van der Waals surface area contributed by atoms with E-state index >= 15 is 0 Å². The topological polar surface area (TPSA) is 55.2 Å². The Hall–Kier alpha value is -2.62. The monoisotopic (exact) mass is 320 g/mol. The summed E-state index contributed by atoms with van der Waals surface area (Å²) in [5.41, 5.74) is 5.01. The van der Waals surface area contributed by atoms with Crippen LogP contribution in [0.4, 0.5) is 11.4 Å². The zero-order chi connectivity index (χ0) is 16.7. The lowest BCUT2D eigenvalue weighted by Gasteiger charge is -2.37. The zero-order valence-corrected chi connectivity index (χ0v) is 13.6. The minimum atomic E-state index is -0.321. The number of benzene rings is 2. The van der Waals surface area contributed by atoms with Gasteiger partial charge in [0.15, 0.2) is 0 Å². The highest BCUT2D eigenvalue weighted by Crippen LogP contribution is 2.50. The zero-order valence-electron chi connectivity index (χ0n) is 13.6. The molecular formula is C20H20N2O2. The molecule has 0 amide bonds. The fourth-order valence-electron chi connectivity index (χ4n) is 4.03. The lowest BCUT2D eigenvalue weighted by Crippen LogP contribution is -2.29. The van der Waals surface area contributed by atoms with Crippen LogP contribution >= 0.6 is 0 Å². The molecule has 4 nitrogen and oxygen atoms in total. The molecule has 4 heteroatoms. The number of nitro benzene ring substituents is 1. The molecule has 1 aliphatic carbocycles. The van der Waals surface area contributed by atoms with E-state index in [9.17, 15) is 10.1 Å². The van der Waals surface area contributed by atoms with Crippen molar-refractivity contribution in [2.45, 2.75) is 31.7 Å².